The van der Waals surface area contributed by atoms with Crippen molar-refractivity contribution in [3.8, 4) is 5.75 Å². The Hall–Kier alpha value is -2.01. The maximum atomic E-state index is 13.4. The van der Waals surface area contributed by atoms with E-state index < -0.39 is 0 Å². The van der Waals surface area contributed by atoms with Gasteiger partial charge >= 0.3 is 0 Å². The van der Waals surface area contributed by atoms with Crippen molar-refractivity contribution in [2.24, 2.45) is 0 Å². The molecule has 0 aromatic heterocycles. The summed E-state index contributed by atoms with van der Waals surface area (Å²) in [6.07, 6.45) is 0. The number of aryl methyl sites for hydroxylation is 1. The van der Waals surface area contributed by atoms with Crippen LogP contribution in [0.15, 0.2) is 48.5 Å². The lowest BCUT2D eigenvalue weighted by Gasteiger charge is -2.09. The van der Waals surface area contributed by atoms with Gasteiger partial charge in [-0.1, -0.05) is 36.4 Å². The fraction of sp³-hybridized carbons (Fsp3) is 0.278. The van der Waals surface area contributed by atoms with Gasteiger partial charge in [-0.05, 0) is 30.2 Å². The highest BCUT2D eigenvalue weighted by Crippen LogP contribution is 2.16. The minimum absolute atomic E-state index is 0.00281. The van der Waals surface area contributed by atoms with E-state index in [0.29, 0.717) is 17.9 Å². The molecule has 3 nitrogen and oxygen atoms in total. The van der Waals surface area contributed by atoms with Crippen LogP contribution in [-0.4, -0.2) is 24.8 Å². The quantitative estimate of drug-likeness (QED) is 0.751. The van der Waals surface area contributed by atoms with Gasteiger partial charge in [-0.25, -0.2) is 4.39 Å². The molecule has 5 heteroatoms. The van der Waals surface area contributed by atoms with E-state index >= 15 is 0 Å². The Morgan fingerprint density at radius 1 is 1.17 bits per heavy atom. The van der Waals surface area contributed by atoms with Crippen LogP contribution in [0.2, 0.25) is 0 Å². The number of nitrogens with one attached hydrogen (secondary N) is 1. The Labute approximate surface area is 140 Å². The third-order valence-corrected chi connectivity index (χ3v) is 4.24. The zero-order valence-corrected chi connectivity index (χ0v) is 13.9. The molecule has 0 radical (unpaired) electrons. The van der Waals surface area contributed by atoms with Crippen molar-refractivity contribution < 1.29 is 13.9 Å². The van der Waals surface area contributed by atoms with Gasteiger partial charge in [0.25, 0.3) is 5.91 Å². The topological polar surface area (TPSA) is 38.3 Å². The molecule has 0 fully saturated rings. The Bertz CT molecular complexity index is 648. The van der Waals surface area contributed by atoms with Crippen LogP contribution in [0.1, 0.15) is 11.1 Å². The third kappa shape index (κ3) is 5.94. The second-order valence-electron chi connectivity index (χ2n) is 5.05. The number of carbonyl (C=O) groups excluding carboxylic acids is 1. The van der Waals surface area contributed by atoms with Crippen LogP contribution in [0.3, 0.4) is 0 Å². The summed E-state index contributed by atoms with van der Waals surface area (Å²) in [6, 6.07) is 14.3. The smallest absolute Gasteiger partial charge is 0.257 e. The number of thioether (sulfide) groups is 1. The van der Waals surface area contributed by atoms with Crippen molar-refractivity contribution in [1.29, 1.82) is 0 Å². The molecule has 0 saturated carbocycles. The molecule has 0 unspecified atom stereocenters. The van der Waals surface area contributed by atoms with E-state index in [4.69, 9.17) is 4.74 Å². The third-order valence-electron chi connectivity index (χ3n) is 3.24. The van der Waals surface area contributed by atoms with Gasteiger partial charge in [-0.2, -0.15) is 11.8 Å². The lowest BCUT2D eigenvalue weighted by Crippen LogP contribution is -2.30. The molecule has 0 heterocycles. The monoisotopic (exact) mass is 333 g/mol. The summed E-state index contributed by atoms with van der Waals surface area (Å²) in [4.78, 5) is 11.7. The summed E-state index contributed by atoms with van der Waals surface area (Å²) in [7, 11) is 0. The molecule has 1 amide bonds. The second kappa shape index (κ2) is 9.20. The summed E-state index contributed by atoms with van der Waals surface area (Å²) in [5.74, 6) is 1.71. The number of hydrogen-bond donors (Lipinski definition) is 1. The molecule has 0 aliphatic heterocycles. The van der Waals surface area contributed by atoms with Gasteiger partial charge in [-0.3, -0.25) is 4.79 Å². The Morgan fingerprint density at radius 2 is 1.91 bits per heavy atom. The largest absolute Gasteiger partial charge is 0.484 e. The van der Waals surface area contributed by atoms with E-state index in [1.165, 1.54) is 6.07 Å². The first-order valence-corrected chi connectivity index (χ1v) is 8.58. The predicted octanol–water partition coefficient (Wildman–Crippen LogP) is 3.56. The molecule has 0 aliphatic carbocycles. The predicted molar refractivity (Wildman–Crippen MR) is 92.2 cm³/mol. The van der Waals surface area contributed by atoms with Crippen LogP contribution in [-0.2, 0) is 10.5 Å². The lowest BCUT2D eigenvalue weighted by atomic mass is 10.2. The van der Waals surface area contributed by atoms with E-state index in [-0.39, 0.29) is 18.3 Å². The number of para-hydroxylation sites is 1. The highest BCUT2D eigenvalue weighted by atomic mass is 32.2. The fourth-order valence-corrected chi connectivity index (χ4v) is 2.82. The normalized spacial score (nSPS) is 10.3. The molecule has 0 aliphatic rings. The fourth-order valence-electron chi connectivity index (χ4n) is 1.97. The SMILES string of the molecule is Cc1ccccc1OCC(=O)NCCSCc1ccccc1F. The van der Waals surface area contributed by atoms with E-state index in [0.717, 1.165) is 17.1 Å². The first kappa shape index (κ1) is 17.3. The zero-order chi connectivity index (χ0) is 16.5. The van der Waals surface area contributed by atoms with Crippen LogP contribution in [0.5, 0.6) is 5.75 Å². The molecule has 0 bridgehead atoms. The van der Waals surface area contributed by atoms with E-state index in [9.17, 15) is 9.18 Å². The van der Waals surface area contributed by atoms with Crippen LogP contribution >= 0.6 is 11.8 Å². The molecule has 122 valence electrons. The molecule has 2 rings (SSSR count). The molecule has 0 spiro atoms. The second-order valence-corrected chi connectivity index (χ2v) is 6.15. The Kier molecular flexibility index (Phi) is 6.94. The number of halogens is 1. The average Bonchev–Trinajstić information content (AvgIpc) is 2.55. The summed E-state index contributed by atoms with van der Waals surface area (Å²) in [6.45, 7) is 2.48. The number of ether oxygens (including phenoxy) is 1. The van der Waals surface area contributed by atoms with Crippen molar-refractivity contribution in [2.75, 3.05) is 18.9 Å². The van der Waals surface area contributed by atoms with Gasteiger partial charge in [-0.15, -0.1) is 0 Å². The van der Waals surface area contributed by atoms with Gasteiger partial charge in [0.1, 0.15) is 11.6 Å². The minimum Gasteiger partial charge on any atom is -0.484 e. The van der Waals surface area contributed by atoms with Crippen molar-refractivity contribution in [3.05, 3.63) is 65.5 Å². The number of benzene rings is 2. The highest BCUT2D eigenvalue weighted by Gasteiger charge is 2.04. The van der Waals surface area contributed by atoms with Crippen LogP contribution < -0.4 is 10.1 Å². The van der Waals surface area contributed by atoms with Crippen LogP contribution in [0.4, 0.5) is 4.39 Å². The van der Waals surface area contributed by atoms with Gasteiger partial charge in [0.05, 0.1) is 0 Å². The van der Waals surface area contributed by atoms with E-state index in [1.807, 2.05) is 37.3 Å². The molecule has 0 atom stereocenters. The first-order chi connectivity index (χ1) is 11.2. The minimum atomic E-state index is -0.185. The number of amides is 1. The molecular weight excluding hydrogens is 313 g/mol. The molecular formula is C18H20FNO2S. The molecule has 2 aromatic carbocycles. The van der Waals surface area contributed by atoms with Gasteiger partial charge < -0.3 is 10.1 Å². The van der Waals surface area contributed by atoms with Crippen molar-refractivity contribution in [1.82, 2.24) is 5.32 Å². The van der Waals surface area contributed by atoms with Crippen molar-refractivity contribution in [2.45, 2.75) is 12.7 Å². The maximum absolute atomic E-state index is 13.4. The molecule has 0 saturated heterocycles. The van der Waals surface area contributed by atoms with E-state index in [2.05, 4.69) is 5.32 Å². The van der Waals surface area contributed by atoms with Crippen LogP contribution in [0, 0.1) is 12.7 Å². The first-order valence-electron chi connectivity index (χ1n) is 7.43. The van der Waals surface area contributed by atoms with Gasteiger partial charge in [0.15, 0.2) is 6.61 Å². The van der Waals surface area contributed by atoms with Crippen molar-refractivity contribution in [3.63, 3.8) is 0 Å². The lowest BCUT2D eigenvalue weighted by molar-refractivity contribution is -0.122. The summed E-state index contributed by atoms with van der Waals surface area (Å²) < 4.78 is 18.9. The summed E-state index contributed by atoms with van der Waals surface area (Å²) in [5, 5.41) is 2.79. The van der Waals surface area contributed by atoms with Crippen LogP contribution in [0.25, 0.3) is 0 Å². The standard InChI is InChI=1S/C18H20FNO2S/c1-14-6-2-5-9-17(14)22-12-18(21)20-10-11-23-13-15-7-3-4-8-16(15)19/h2-9H,10-13H2,1H3,(H,20,21). The number of hydrogen-bond acceptors (Lipinski definition) is 3. The van der Waals surface area contributed by atoms with Gasteiger partial charge in [0, 0.05) is 18.1 Å². The molecule has 2 aromatic rings. The molecule has 1 N–H and O–H groups in total. The molecule has 23 heavy (non-hydrogen) atoms. The number of rotatable bonds is 8. The van der Waals surface area contributed by atoms with Gasteiger partial charge in [0.2, 0.25) is 0 Å². The van der Waals surface area contributed by atoms with Crippen molar-refractivity contribution >= 4 is 17.7 Å². The Balaban J connectivity index is 1.60. The zero-order valence-electron chi connectivity index (χ0n) is 13.0. The summed E-state index contributed by atoms with van der Waals surface area (Å²) in [5.41, 5.74) is 1.69. The summed E-state index contributed by atoms with van der Waals surface area (Å²) >= 11 is 1.58. The average molecular weight is 333 g/mol. The number of carbonyl (C=O) groups is 1. The maximum Gasteiger partial charge on any atom is 0.257 e. The Morgan fingerprint density at radius 3 is 2.70 bits per heavy atom. The van der Waals surface area contributed by atoms with E-state index in [1.54, 1.807) is 23.9 Å². The highest BCUT2D eigenvalue weighted by molar-refractivity contribution is 7.98.